The minimum absolute atomic E-state index is 0.154. The summed E-state index contributed by atoms with van der Waals surface area (Å²) >= 11 is 3.44. The molecule has 96 valence electrons. The molecular weight excluding hydrogens is 294 g/mol. The van der Waals surface area contributed by atoms with Crippen LogP contribution in [-0.2, 0) is 6.42 Å². The van der Waals surface area contributed by atoms with Crippen LogP contribution in [0.1, 0.15) is 43.1 Å². The molecule has 18 heavy (non-hydrogen) atoms. The van der Waals surface area contributed by atoms with Gasteiger partial charge in [-0.15, -0.1) is 0 Å². The fraction of sp³-hybridized carbons (Fsp3) is 0.385. The van der Waals surface area contributed by atoms with Crippen LogP contribution in [0.2, 0.25) is 0 Å². The Balaban J connectivity index is 2.06. The SMILES string of the molecule is CCC[C@H](N)c1nc(Cc2cccc(Br)c2)no1. The lowest BCUT2D eigenvalue weighted by Crippen LogP contribution is -2.10. The summed E-state index contributed by atoms with van der Waals surface area (Å²) in [6, 6.07) is 7.90. The van der Waals surface area contributed by atoms with Crippen LogP contribution in [0.25, 0.3) is 0 Å². The average Bonchev–Trinajstić information content (AvgIpc) is 2.78. The van der Waals surface area contributed by atoms with E-state index >= 15 is 0 Å². The zero-order chi connectivity index (χ0) is 13.0. The molecule has 1 aromatic carbocycles. The maximum Gasteiger partial charge on any atom is 0.243 e. The topological polar surface area (TPSA) is 64.9 Å². The monoisotopic (exact) mass is 309 g/mol. The summed E-state index contributed by atoms with van der Waals surface area (Å²) in [5.74, 6) is 1.21. The van der Waals surface area contributed by atoms with E-state index in [1.165, 1.54) is 0 Å². The highest BCUT2D eigenvalue weighted by Gasteiger charge is 2.13. The van der Waals surface area contributed by atoms with Crippen molar-refractivity contribution in [2.75, 3.05) is 0 Å². The summed E-state index contributed by atoms with van der Waals surface area (Å²) in [6.45, 7) is 2.08. The van der Waals surface area contributed by atoms with E-state index in [0.717, 1.165) is 22.9 Å². The number of hydrogen-bond donors (Lipinski definition) is 1. The van der Waals surface area contributed by atoms with E-state index in [9.17, 15) is 0 Å². The predicted octanol–water partition coefficient (Wildman–Crippen LogP) is 3.22. The van der Waals surface area contributed by atoms with Crippen LogP contribution in [0.5, 0.6) is 0 Å². The van der Waals surface area contributed by atoms with Crippen LogP contribution < -0.4 is 5.73 Å². The summed E-state index contributed by atoms with van der Waals surface area (Å²) in [4.78, 5) is 4.34. The fourth-order valence-corrected chi connectivity index (χ4v) is 2.20. The molecular formula is C13H16BrN3O. The Labute approximate surface area is 115 Å². The van der Waals surface area contributed by atoms with Crippen molar-refractivity contribution >= 4 is 15.9 Å². The molecule has 0 saturated carbocycles. The lowest BCUT2D eigenvalue weighted by Gasteiger charge is -2.02. The highest BCUT2D eigenvalue weighted by atomic mass is 79.9. The van der Waals surface area contributed by atoms with E-state index in [0.29, 0.717) is 18.1 Å². The van der Waals surface area contributed by atoms with Crippen molar-refractivity contribution in [3.8, 4) is 0 Å². The molecule has 0 aliphatic heterocycles. The first-order chi connectivity index (χ1) is 8.69. The first-order valence-corrected chi connectivity index (χ1v) is 6.81. The molecule has 0 unspecified atom stereocenters. The van der Waals surface area contributed by atoms with Gasteiger partial charge in [0, 0.05) is 10.9 Å². The van der Waals surface area contributed by atoms with Crippen molar-refractivity contribution in [3.63, 3.8) is 0 Å². The maximum atomic E-state index is 5.93. The highest BCUT2D eigenvalue weighted by molar-refractivity contribution is 9.10. The number of rotatable bonds is 5. The van der Waals surface area contributed by atoms with Gasteiger partial charge in [0.1, 0.15) is 0 Å². The van der Waals surface area contributed by atoms with Gasteiger partial charge < -0.3 is 10.3 Å². The van der Waals surface area contributed by atoms with Crippen LogP contribution in [0.4, 0.5) is 0 Å². The largest absolute Gasteiger partial charge is 0.338 e. The normalized spacial score (nSPS) is 12.6. The smallest absolute Gasteiger partial charge is 0.243 e. The Morgan fingerprint density at radius 2 is 2.28 bits per heavy atom. The van der Waals surface area contributed by atoms with E-state index in [2.05, 4.69) is 33.0 Å². The Kier molecular flexibility index (Phi) is 4.49. The molecule has 1 heterocycles. The Morgan fingerprint density at radius 1 is 1.44 bits per heavy atom. The predicted molar refractivity (Wildman–Crippen MR) is 73.1 cm³/mol. The number of hydrogen-bond acceptors (Lipinski definition) is 4. The molecule has 1 atom stereocenters. The van der Waals surface area contributed by atoms with Gasteiger partial charge >= 0.3 is 0 Å². The minimum atomic E-state index is -0.154. The van der Waals surface area contributed by atoms with E-state index in [1.54, 1.807) is 0 Å². The van der Waals surface area contributed by atoms with Crippen LogP contribution in [0, 0.1) is 0 Å². The summed E-state index contributed by atoms with van der Waals surface area (Å²) < 4.78 is 6.23. The second-order valence-electron chi connectivity index (χ2n) is 4.25. The molecule has 0 aliphatic rings. The van der Waals surface area contributed by atoms with Gasteiger partial charge in [-0.3, -0.25) is 0 Å². The van der Waals surface area contributed by atoms with Crippen molar-refractivity contribution < 1.29 is 4.52 Å². The minimum Gasteiger partial charge on any atom is -0.338 e. The van der Waals surface area contributed by atoms with Gasteiger partial charge in [-0.05, 0) is 24.1 Å². The van der Waals surface area contributed by atoms with E-state index in [4.69, 9.17) is 10.3 Å². The van der Waals surface area contributed by atoms with Gasteiger partial charge in [0.2, 0.25) is 5.89 Å². The first kappa shape index (κ1) is 13.2. The second-order valence-corrected chi connectivity index (χ2v) is 5.17. The standard InChI is InChI=1S/C13H16BrN3O/c1-2-4-11(15)13-16-12(17-18-13)8-9-5-3-6-10(14)7-9/h3,5-7,11H,2,4,8,15H2,1H3/t11-/m0/s1. The summed E-state index contributed by atoms with van der Waals surface area (Å²) in [5.41, 5.74) is 7.07. The molecule has 2 N–H and O–H groups in total. The fourth-order valence-electron chi connectivity index (χ4n) is 1.75. The number of benzene rings is 1. The molecule has 0 saturated heterocycles. The van der Waals surface area contributed by atoms with Gasteiger partial charge in [-0.25, -0.2) is 0 Å². The third-order valence-corrected chi connectivity index (χ3v) is 3.15. The summed E-state index contributed by atoms with van der Waals surface area (Å²) in [7, 11) is 0. The molecule has 5 heteroatoms. The summed E-state index contributed by atoms with van der Waals surface area (Å²) in [6.07, 6.45) is 2.52. The van der Waals surface area contributed by atoms with Gasteiger partial charge in [-0.1, -0.05) is 46.6 Å². The van der Waals surface area contributed by atoms with Gasteiger partial charge in [0.25, 0.3) is 0 Å². The zero-order valence-corrected chi connectivity index (χ0v) is 11.9. The van der Waals surface area contributed by atoms with E-state index in [-0.39, 0.29) is 6.04 Å². The number of nitrogens with two attached hydrogens (primary N) is 1. The lowest BCUT2D eigenvalue weighted by molar-refractivity contribution is 0.345. The Bertz CT molecular complexity index is 512. The quantitative estimate of drug-likeness (QED) is 0.921. The highest BCUT2D eigenvalue weighted by Crippen LogP contribution is 2.16. The molecule has 1 aromatic heterocycles. The molecule has 0 bridgehead atoms. The zero-order valence-electron chi connectivity index (χ0n) is 10.3. The van der Waals surface area contributed by atoms with Crippen LogP contribution in [-0.4, -0.2) is 10.1 Å². The maximum absolute atomic E-state index is 5.93. The van der Waals surface area contributed by atoms with Crippen LogP contribution in [0.3, 0.4) is 0 Å². The third-order valence-electron chi connectivity index (χ3n) is 2.65. The first-order valence-electron chi connectivity index (χ1n) is 6.01. The molecule has 2 aromatic rings. The average molecular weight is 310 g/mol. The van der Waals surface area contributed by atoms with Crippen molar-refractivity contribution in [1.82, 2.24) is 10.1 Å². The molecule has 0 radical (unpaired) electrons. The van der Waals surface area contributed by atoms with Gasteiger partial charge in [0.05, 0.1) is 6.04 Å². The van der Waals surface area contributed by atoms with Crippen LogP contribution >= 0.6 is 15.9 Å². The molecule has 4 nitrogen and oxygen atoms in total. The molecule has 0 spiro atoms. The lowest BCUT2D eigenvalue weighted by atomic mass is 10.1. The summed E-state index contributed by atoms with van der Waals surface area (Å²) in [5, 5.41) is 3.96. The number of nitrogens with zero attached hydrogens (tertiary/aromatic N) is 2. The number of aromatic nitrogens is 2. The van der Waals surface area contributed by atoms with Crippen molar-refractivity contribution in [2.24, 2.45) is 5.73 Å². The molecule has 0 aliphatic carbocycles. The van der Waals surface area contributed by atoms with Gasteiger partial charge in [-0.2, -0.15) is 4.98 Å². The van der Waals surface area contributed by atoms with Crippen molar-refractivity contribution in [2.45, 2.75) is 32.2 Å². The molecule has 2 rings (SSSR count). The van der Waals surface area contributed by atoms with E-state index in [1.807, 2.05) is 24.3 Å². The third kappa shape index (κ3) is 3.40. The molecule has 0 fully saturated rings. The van der Waals surface area contributed by atoms with E-state index < -0.39 is 0 Å². The van der Waals surface area contributed by atoms with Gasteiger partial charge in [0.15, 0.2) is 5.82 Å². The number of halogens is 1. The second kappa shape index (κ2) is 6.11. The van der Waals surface area contributed by atoms with Crippen molar-refractivity contribution in [3.05, 3.63) is 46.0 Å². The molecule has 0 amide bonds. The van der Waals surface area contributed by atoms with Crippen molar-refractivity contribution in [1.29, 1.82) is 0 Å². The Hall–Kier alpha value is -1.20. The van der Waals surface area contributed by atoms with Crippen LogP contribution in [0.15, 0.2) is 33.3 Å². The Morgan fingerprint density at radius 3 is 3.00 bits per heavy atom.